The maximum atomic E-state index is 13.1. The molecule has 586 valence electrons. The Hall–Kier alpha value is -1.98. The van der Waals surface area contributed by atoms with E-state index in [1.807, 2.05) is 0 Å². The number of phosphoric ester groups is 2. The van der Waals surface area contributed by atoms with Gasteiger partial charge in [0.25, 0.3) is 0 Å². The van der Waals surface area contributed by atoms with Crippen molar-refractivity contribution in [3.05, 3.63) is 48.6 Å². The van der Waals surface area contributed by atoms with Crippen LogP contribution in [0.4, 0.5) is 0 Å². The van der Waals surface area contributed by atoms with Crippen LogP contribution in [0.15, 0.2) is 48.6 Å². The third-order valence-electron chi connectivity index (χ3n) is 17.7. The molecule has 0 fully saturated rings. The van der Waals surface area contributed by atoms with Gasteiger partial charge < -0.3 is 33.8 Å². The van der Waals surface area contributed by atoms with E-state index in [1.165, 1.54) is 154 Å². The minimum atomic E-state index is -4.97. The van der Waals surface area contributed by atoms with Gasteiger partial charge in [0.05, 0.1) is 26.4 Å². The summed E-state index contributed by atoms with van der Waals surface area (Å²) in [5.74, 6) is -2.17. The molecule has 0 radical (unpaired) electrons. The molecule has 2 unspecified atom stereocenters. The number of aliphatic hydroxyl groups excluding tert-OH is 1. The molecule has 0 amide bonds. The van der Waals surface area contributed by atoms with Crippen LogP contribution in [-0.2, 0) is 65.4 Å². The maximum Gasteiger partial charge on any atom is 1.00 e. The van der Waals surface area contributed by atoms with Gasteiger partial charge in [0.2, 0.25) is 0 Å². The molecule has 17 nitrogen and oxygen atoms in total. The summed E-state index contributed by atoms with van der Waals surface area (Å²) in [7, 11) is -9.95. The molecule has 0 bridgehead atoms. The average molecular weight is 1480 g/mol. The zero-order chi connectivity index (χ0) is 73.2. The van der Waals surface area contributed by atoms with Gasteiger partial charge in [0.15, 0.2) is 12.2 Å². The van der Waals surface area contributed by atoms with Gasteiger partial charge in [0, 0.05) is 25.7 Å². The van der Waals surface area contributed by atoms with E-state index in [2.05, 4.69) is 76.3 Å². The van der Waals surface area contributed by atoms with Crippen LogP contribution < -0.4 is 29.6 Å². The zero-order valence-corrected chi connectivity index (χ0v) is 68.9. The largest absolute Gasteiger partial charge is 1.00 e. The van der Waals surface area contributed by atoms with Crippen molar-refractivity contribution >= 4 is 39.5 Å². The minimum absolute atomic E-state index is 0. The molecule has 0 aliphatic heterocycles. The molecule has 0 saturated heterocycles. The Morgan fingerprint density at radius 3 is 0.693 bits per heavy atom. The van der Waals surface area contributed by atoms with Crippen molar-refractivity contribution < 1.29 is 110 Å². The number of unbranched alkanes of at least 4 members (excludes halogenated alkanes) is 44. The van der Waals surface area contributed by atoms with Gasteiger partial charge in [-0.3, -0.25) is 37.3 Å². The minimum Gasteiger partial charge on any atom is -0.462 e. The molecule has 101 heavy (non-hydrogen) atoms. The Balaban J connectivity index is 0. The molecule has 0 aromatic carbocycles. The van der Waals surface area contributed by atoms with Crippen molar-refractivity contribution in [2.45, 2.75) is 406 Å². The summed E-state index contributed by atoms with van der Waals surface area (Å²) in [4.78, 5) is 73.0. The maximum absolute atomic E-state index is 13.1. The normalized spacial score (nSPS) is 14.0. The van der Waals surface area contributed by atoms with Gasteiger partial charge in [-0.05, 0) is 128 Å². The zero-order valence-electron chi connectivity index (χ0n) is 65.1. The number of phosphoric acid groups is 2. The summed E-state index contributed by atoms with van der Waals surface area (Å²) in [6, 6.07) is 0. The number of ether oxygens (including phenoxy) is 4. The average Bonchev–Trinajstić information content (AvgIpc) is 1.01. The molecule has 0 aliphatic rings. The molecule has 3 N–H and O–H groups in total. The predicted octanol–water partition coefficient (Wildman–Crippen LogP) is 20.7. The summed E-state index contributed by atoms with van der Waals surface area (Å²) < 4.78 is 68.6. The molecule has 20 heteroatoms. The number of carbonyl (C=O) groups is 4. The Bertz CT molecular complexity index is 1950. The van der Waals surface area contributed by atoms with Crippen LogP contribution in [0.3, 0.4) is 0 Å². The van der Waals surface area contributed by atoms with Crippen molar-refractivity contribution in [1.82, 2.24) is 0 Å². The monoisotopic (exact) mass is 1480 g/mol. The SMILES string of the molecule is CCCCCCCC/C=C\CCCCCCCC(=O)OC[C@H](COP(=O)(O)OCC(O)COP(=O)(O)OC[C@@H](COC(=O)CCCCCCC/C=C\CCCCCCCC)OC(=O)CCCCCCC/C=C\CCCCCCCC)OC(=O)CCCCCCC/C=C\CCCCCCCC.[Na+]. The number of hydrogen-bond donors (Lipinski definition) is 3. The summed E-state index contributed by atoms with van der Waals surface area (Å²) >= 11 is 0. The van der Waals surface area contributed by atoms with Crippen molar-refractivity contribution in [3.63, 3.8) is 0 Å². The van der Waals surface area contributed by atoms with E-state index >= 15 is 0 Å². The van der Waals surface area contributed by atoms with Crippen LogP contribution in [0.5, 0.6) is 0 Å². The smallest absolute Gasteiger partial charge is 0.462 e. The van der Waals surface area contributed by atoms with Crippen LogP contribution >= 0.6 is 15.6 Å². The molecule has 0 aliphatic carbocycles. The second kappa shape index (κ2) is 77.6. The Morgan fingerprint density at radius 1 is 0.277 bits per heavy atom. The Labute approximate surface area is 639 Å². The molecule has 4 atom stereocenters. The van der Waals surface area contributed by atoms with Crippen molar-refractivity contribution in [1.29, 1.82) is 0 Å². The van der Waals surface area contributed by atoms with E-state index in [1.54, 1.807) is 0 Å². The molecule has 0 saturated carbocycles. The van der Waals surface area contributed by atoms with E-state index in [4.69, 9.17) is 37.0 Å². The van der Waals surface area contributed by atoms with Crippen LogP contribution in [0.25, 0.3) is 0 Å². The van der Waals surface area contributed by atoms with Gasteiger partial charge in [-0.2, -0.15) is 0 Å². The molecule has 0 heterocycles. The van der Waals surface area contributed by atoms with Gasteiger partial charge >= 0.3 is 69.1 Å². The number of rotatable bonds is 78. The summed E-state index contributed by atoms with van der Waals surface area (Å²) in [6.45, 7) is 4.90. The molecular formula is C81H150NaO17P2+. The standard InChI is InChI=1S/C81H150O17P2.Na/c1-5-9-13-17-21-25-29-33-37-41-45-49-53-57-61-65-78(83)91-71-76(97-80(85)67-63-59-55-51-47-43-39-35-31-27-23-19-15-11-7-3)73-95-99(87,88)93-69-75(82)70-94-100(89,90)96-74-77(98-81(86)68-64-60-56-52-48-44-40-36-32-28-24-20-16-12-8-4)72-92-79(84)66-62-58-54-50-46-42-38-34-30-26-22-18-14-10-6-2;/h33-40,75-77,82H,5-32,41-74H2,1-4H3,(H,87,88)(H,89,90);/q;+1/b37-33-,38-34-,39-35-,40-36-;/t76-,77-;/m1./s1. The molecule has 0 spiro atoms. The Morgan fingerprint density at radius 2 is 0.465 bits per heavy atom. The third kappa shape index (κ3) is 77.5. The van der Waals surface area contributed by atoms with Crippen LogP contribution in [-0.4, -0.2) is 96.7 Å². The molecule has 0 aromatic rings. The number of hydrogen-bond acceptors (Lipinski definition) is 15. The van der Waals surface area contributed by atoms with E-state index < -0.39 is 97.5 Å². The van der Waals surface area contributed by atoms with Gasteiger partial charge in [-0.15, -0.1) is 0 Å². The van der Waals surface area contributed by atoms with Gasteiger partial charge in [0.1, 0.15) is 19.3 Å². The summed E-state index contributed by atoms with van der Waals surface area (Å²) in [6.07, 6.45) is 72.2. The van der Waals surface area contributed by atoms with Gasteiger partial charge in [-0.1, -0.05) is 282 Å². The molecule has 0 aromatic heterocycles. The number of carbonyl (C=O) groups excluding carboxylic acids is 4. The summed E-state index contributed by atoms with van der Waals surface area (Å²) in [5, 5.41) is 10.6. The first kappa shape index (κ1) is 101. The fourth-order valence-electron chi connectivity index (χ4n) is 11.4. The Kier molecular flexibility index (Phi) is 77.7. The molecular weight excluding hydrogens is 1330 g/mol. The van der Waals surface area contributed by atoms with Crippen molar-refractivity contribution in [2.75, 3.05) is 39.6 Å². The van der Waals surface area contributed by atoms with E-state index in [0.717, 1.165) is 154 Å². The summed E-state index contributed by atoms with van der Waals surface area (Å²) in [5.41, 5.74) is 0. The van der Waals surface area contributed by atoms with E-state index in [9.17, 15) is 43.2 Å². The quantitative estimate of drug-likeness (QED) is 0.0128. The topological polar surface area (TPSA) is 237 Å². The van der Waals surface area contributed by atoms with Gasteiger partial charge in [-0.25, -0.2) is 9.13 Å². The molecule has 0 rings (SSSR count). The van der Waals surface area contributed by atoms with Crippen LogP contribution in [0.2, 0.25) is 0 Å². The first-order chi connectivity index (χ1) is 48.7. The fraction of sp³-hybridized carbons (Fsp3) is 0.852. The van der Waals surface area contributed by atoms with Crippen LogP contribution in [0, 0.1) is 0 Å². The number of esters is 4. The predicted molar refractivity (Wildman–Crippen MR) is 409 cm³/mol. The second-order valence-corrected chi connectivity index (χ2v) is 30.6. The van der Waals surface area contributed by atoms with Crippen molar-refractivity contribution in [2.24, 2.45) is 0 Å². The first-order valence-electron chi connectivity index (χ1n) is 40.9. The number of allylic oxidation sites excluding steroid dienone is 8. The first-order valence-corrected chi connectivity index (χ1v) is 43.9. The van der Waals surface area contributed by atoms with Crippen LogP contribution in [0.1, 0.15) is 387 Å². The van der Waals surface area contributed by atoms with Crippen molar-refractivity contribution in [3.8, 4) is 0 Å². The van der Waals surface area contributed by atoms with E-state index in [0.29, 0.717) is 25.7 Å². The van der Waals surface area contributed by atoms with E-state index in [-0.39, 0.29) is 55.2 Å². The second-order valence-electron chi connectivity index (χ2n) is 27.7. The fourth-order valence-corrected chi connectivity index (χ4v) is 13.0. The number of aliphatic hydroxyl groups is 1. The third-order valence-corrected chi connectivity index (χ3v) is 19.6.